The Kier molecular flexibility index (Phi) is 6.08. The minimum Gasteiger partial charge on any atom is -0.299 e. The van der Waals surface area contributed by atoms with Gasteiger partial charge in [0.05, 0.1) is 0 Å². The molecule has 0 aromatic rings. The number of Topliss-reactive ketones (excluding diaryl/α,β-unsaturated/α-hetero) is 1. The standard InChI is InChI=1S/C15H28O/c1-4-6-7-13(5-2)11-15(16)14-9-8-12(3)10-14/h12-14H,4-11H2,1-3H3. The average Bonchev–Trinajstić information content (AvgIpc) is 2.70. The van der Waals surface area contributed by atoms with Crippen molar-refractivity contribution in [2.75, 3.05) is 0 Å². The molecule has 16 heavy (non-hydrogen) atoms. The van der Waals surface area contributed by atoms with Gasteiger partial charge in [-0.15, -0.1) is 0 Å². The van der Waals surface area contributed by atoms with Crippen LogP contribution < -0.4 is 0 Å². The lowest BCUT2D eigenvalue weighted by molar-refractivity contribution is -0.123. The molecule has 0 radical (unpaired) electrons. The van der Waals surface area contributed by atoms with Gasteiger partial charge in [0.2, 0.25) is 0 Å². The first-order valence-electron chi connectivity index (χ1n) is 7.20. The molecule has 3 atom stereocenters. The van der Waals surface area contributed by atoms with E-state index in [1.165, 1.54) is 32.1 Å². The second-order valence-electron chi connectivity index (χ2n) is 5.70. The molecule has 1 aliphatic rings. The van der Waals surface area contributed by atoms with Gasteiger partial charge in [0.25, 0.3) is 0 Å². The monoisotopic (exact) mass is 224 g/mol. The van der Waals surface area contributed by atoms with Gasteiger partial charge in [-0.25, -0.2) is 0 Å². The van der Waals surface area contributed by atoms with Gasteiger partial charge in [0.1, 0.15) is 5.78 Å². The molecule has 0 aromatic carbocycles. The molecule has 1 nitrogen and oxygen atoms in total. The molecule has 0 heterocycles. The first kappa shape index (κ1) is 13.7. The molecule has 0 N–H and O–H groups in total. The van der Waals surface area contributed by atoms with Crippen molar-refractivity contribution in [3.05, 3.63) is 0 Å². The highest BCUT2D eigenvalue weighted by atomic mass is 16.1. The number of unbranched alkanes of at least 4 members (excludes halogenated alkanes) is 1. The summed E-state index contributed by atoms with van der Waals surface area (Å²) in [5.74, 6) is 2.41. The highest BCUT2D eigenvalue weighted by Crippen LogP contribution is 2.33. The van der Waals surface area contributed by atoms with Crippen LogP contribution in [-0.2, 0) is 4.79 Å². The van der Waals surface area contributed by atoms with Gasteiger partial charge in [0.15, 0.2) is 0 Å². The van der Waals surface area contributed by atoms with E-state index in [0.29, 0.717) is 17.6 Å². The molecule has 0 saturated heterocycles. The lowest BCUT2D eigenvalue weighted by Crippen LogP contribution is -2.16. The first-order chi connectivity index (χ1) is 7.67. The third-order valence-electron chi connectivity index (χ3n) is 4.18. The molecule has 94 valence electrons. The zero-order chi connectivity index (χ0) is 12.0. The molecule has 1 saturated carbocycles. The summed E-state index contributed by atoms with van der Waals surface area (Å²) in [6, 6.07) is 0. The maximum absolute atomic E-state index is 12.1. The number of carbonyl (C=O) groups is 1. The van der Waals surface area contributed by atoms with Gasteiger partial charge in [-0.1, -0.05) is 46.5 Å². The molecule has 1 aliphatic carbocycles. The van der Waals surface area contributed by atoms with Gasteiger partial charge in [-0.05, 0) is 31.1 Å². The number of carbonyl (C=O) groups excluding carboxylic acids is 1. The average molecular weight is 224 g/mol. The van der Waals surface area contributed by atoms with Crippen LogP contribution in [0.3, 0.4) is 0 Å². The zero-order valence-corrected chi connectivity index (χ0v) is 11.3. The Morgan fingerprint density at radius 3 is 2.56 bits per heavy atom. The molecular formula is C15H28O. The molecule has 0 aromatic heterocycles. The van der Waals surface area contributed by atoms with E-state index in [4.69, 9.17) is 0 Å². The molecule has 0 aliphatic heterocycles. The maximum atomic E-state index is 12.1. The molecule has 1 fully saturated rings. The predicted molar refractivity (Wildman–Crippen MR) is 69.4 cm³/mol. The fraction of sp³-hybridized carbons (Fsp3) is 0.933. The zero-order valence-electron chi connectivity index (χ0n) is 11.3. The van der Waals surface area contributed by atoms with Crippen LogP contribution in [0.25, 0.3) is 0 Å². The van der Waals surface area contributed by atoms with Gasteiger partial charge in [0, 0.05) is 12.3 Å². The highest BCUT2D eigenvalue weighted by Gasteiger charge is 2.28. The van der Waals surface area contributed by atoms with Crippen molar-refractivity contribution < 1.29 is 4.79 Å². The molecule has 1 heteroatoms. The van der Waals surface area contributed by atoms with Crippen molar-refractivity contribution in [3.63, 3.8) is 0 Å². The van der Waals surface area contributed by atoms with Gasteiger partial charge in [-0.2, -0.15) is 0 Å². The molecule has 0 spiro atoms. The van der Waals surface area contributed by atoms with Gasteiger partial charge in [-0.3, -0.25) is 4.79 Å². The normalized spacial score (nSPS) is 26.9. The van der Waals surface area contributed by atoms with Gasteiger partial charge >= 0.3 is 0 Å². The Hall–Kier alpha value is -0.330. The van der Waals surface area contributed by atoms with E-state index in [-0.39, 0.29) is 0 Å². The van der Waals surface area contributed by atoms with E-state index in [9.17, 15) is 4.79 Å². The third kappa shape index (κ3) is 4.27. The lowest BCUT2D eigenvalue weighted by Gasteiger charge is -2.16. The molecule has 3 unspecified atom stereocenters. The van der Waals surface area contributed by atoms with Crippen LogP contribution in [0.4, 0.5) is 0 Å². The molecule has 1 rings (SSSR count). The summed E-state index contributed by atoms with van der Waals surface area (Å²) in [6.07, 6.45) is 9.40. The smallest absolute Gasteiger partial charge is 0.136 e. The van der Waals surface area contributed by atoms with Crippen molar-refractivity contribution >= 4 is 5.78 Å². The van der Waals surface area contributed by atoms with Crippen molar-refractivity contribution in [2.45, 2.75) is 72.1 Å². The molecule has 0 bridgehead atoms. The number of hydrogen-bond acceptors (Lipinski definition) is 1. The second kappa shape index (κ2) is 7.09. The van der Waals surface area contributed by atoms with Crippen LogP contribution >= 0.6 is 0 Å². The number of hydrogen-bond donors (Lipinski definition) is 0. The number of rotatable bonds is 7. The first-order valence-corrected chi connectivity index (χ1v) is 7.20. The van der Waals surface area contributed by atoms with Crippen molar-refractivity contribution in [3.8, 4) is 0 Å². The minimum absolute atomic E-state index is 0.408. The summed E-state index contributed by atoms with van der Waals surface area (Å²) < 4.78 is 0. The van der Waals surface area contributed by atoms with Gasteiger partial charge < -0.3 is 0 Å². The van der Waals surface area contributed by atoms with Crippen LogP contribution in [0.5, 0.6) is 0 Å². The maximum Gasteiger partial charge on any atom is 0.136 e. The van der Waals surface area contributed by atoms with E-state index in [1.807, 2.05) is 0 Å². The van der Waals surface area contributed by atoms with Crippen molar-refractivity contribution in [1.29, 1.82) is 0 Å². The molecular weight excluding hydrogens is 196 g/mol. The SMILES string of the molecule is CCCCC(CC)CC(=O)C1CCC(C)C1. The lowest BCUT2D eigenvalue weighted by atomic mass is 9.88. The van der Waals surface area contributed by atoms with Crippen molar-refractivity contribution in [2.24, 2.45) is 17.8 Å². The largest absolute Gasteiger partial charge is 0.299 e. The van der Waals surface area contributed by atoms with Crippen LogP contribution in [0.15, 0.2) is 0 Å². The fourth-order valence-corrected chi connectivity index (χ4v) is 2.89. The van der Waals surface area contributed by atoms with E-state index >= 15 is 0 Å². The van der Waals surface area contributed by atoms with E-state index in [2.05, 4.69) is 20.8 Å². The van der Waals surface area contributed by atoms with E-state index < -0.39 is 0 Å². The Balaban J connectivity index is 2.30. The topological polar surface area (TPSA) is 17.1 Å². The summed E-state index contributed by atoms with van der Waals surface area (Å²) in [5, 5.41) is 0. The Labute approximate surface area is 101 Å². The Morgan fingerprint density at radius 2 is 2.06 bits per heavy atom. The summed E-state index contributed by atoms with van der Waals surface area (Å²) in [4.78, 5) is 12.1. The van der Waals surface area contributed by atoms with Crippen LogP contribution in [0, 0.1) is 17.8 Å². The highest BCUT2D eigenvalue weighted by molar-refractivity contribution is 5.81. The number of ketones is 1. The summed E-state index contributed by atoms with van der Waals surface area (Å²) in [5.41, 5.74) is 0. The summed E-state index contributed by atoms with van der Waals surface area (Å²) >= 11 is 0. The third-order valence-corrected chi connectivity index (χ3v) is 4.18. The van der Waals surface area contributed by atoms with Crippen LogP contribution in [0.2, 0.25) is 0 Å². The van der Waals surface area contributed by atoms with Crippen LogP contribution in [-0.4, -0.2) is 5.78 Å². The van der Waals surface area contributed by atoms with Crippen LogP contribution in [0.1, 0.15) is 72.1 Å². The Bertz CT molecular complexity index is 209. The predicted octanol–water partition coefficient (Wildman–Crippen LogP) is 4.60. The van der Waals surface area contributed by atoms with E-state index in [1.54, 1.807) is 0 Å². The Morgan fingerprint density at radius 1 is 1.31 bits per heavy atom. The molecule has 0 amide bonds. The van der Waals surface area contributed by atoms with E-state index in [0.717, 1.165) is 25.2 Å². The van der Waals surface area contributed by atoms with Crippen molar-refractivity contribution in [1.82, 2.24) is 0 Å². The summed E-state index contributed by atoms with van der Waals surface area (Å²) in [7, 11) is 0. The second-order valence-corrected chi connectivity index (χ2v) is 5.70. The minimum atomic E-state index is 0.408. The summed E-state index contributed by atoms with van der Waals surface area (Å²) in [6.45, 7) is 6.74. The quantitative estimate of drug-likeness (QED) is 0.617. The fourth-order valence-electron chi connectivity index (χ4n) is 2.89.